The van der Waals surface area contributed by atoms with Crippen molar-refractivity contribution >= 4 is 23.3 Å². The number of rotatable bonds is 8. The Kier molecular flexibility index (Phi) is 6.73. The number of amides is 1. The van der Waals surface area contributed by atoms with Crippen LogP contribution in [0, 0.1) is 0 Å². The Morgan fingerprint density at radius 1 is 0.962 bits per heavy atom. The fourth-order valence-electron chi connectivity index (χ4n) is 2.08. The van der Waals surface area contributed by atoms with Gasteiger partial charge in [-0.15, -0.1) is 0 Å². The zero-order chi connectivity index (χ0) is 18.9. The summed E-state index contributed by atoms with van der Waals surface area (Å²) in [5.74, 6) is -0.429. The van der Waals surface area contributed by atoms with E-state index in [0.29, 0.717) is 22.7 Å². The molecule has 1 N–H and O–H groups in total. The van der Waals surface area contributed by atoms with Crippen molar-refractivity contribution in [3.8, 4) is 11.5 Å². The minimum Gasteiger partial charge on any atom is -0.493 e. The first-order valence-corrected chi connectivity index (χ1v) is 7.82. The van der Waals surface area contributed by atoms with Gasteiger partial charge < -0.3 is 19.5 Å². The molecule has 2 aromatic rings. The summed E-state index contributed by atoms with van der Waals surface area (Å²) in [5.41, 5.74) is 0.925. The molecule has 0 heterocycles. The van der Waals surface area contributed by atoms with Gasteiger partial charge in [-0.3, -0.25) is 9.59 Å². The zero-order valence-corrected chi connectivity index (χ0v) is 14.5. The molecule has 136 valence electrons. The molecule has 0 unspecified atom stereocenters. The summed E-state index contributed by atoms with van der Waals surface area (Å²) < 4.78 is 15.3. The first kappa shape index (κ1) is 19.0. The second kappa shape index (κ2) is 9.22. The number of hydrogen-bond acceptors (Lipinski definition) is 6. The number of anilines is 1. The molecule has 26 heavy (non-hydrogen) atoms. The van der Waals surface area contributed by atoms with Crippen LogP contribution in [0.25, 0.3) is 0 Å². The van der Waals surface area contributed by atoms with Crippen LogP contribution in [0.3, 0.4) is 0 Å². The number of methoxy groups -OCH3 is 1. The molecule has 1 amide bonds. The van der Waals surface area contributed by atoms with Gasteiger partial charge in [-0.2, -0.15) is 0 Å². The Morgan fingerprint density at radius 2 is 1.69 bits per heavy atom. The zero-order valence-electron chi connectivity index (χ0n) is 14.5. The summed E-state index contributed by atoms with van der Waals surface area (Å²) in [5, 5.41) is 2.56. The van der Waals surface area contributed by atoms with Crippen LogP contribution in [0.4, 0.5) is 5.69 Å². The molecule has 0 aliphatic rings. The lowest BCUT2D eigenvalue weighted by Gasteiger charge is -2.10. The summed E-state index contributed by atoms with van der Waals surface area (Å²) in [7, 11) is 1.49. The van der Waals surface area contributed by atoms with Gasteiger partial charge in [0.25, 0.3) is 5.91 Å². The van der Waals surface area contributed by atoms with Crippen molar-refractivity contribution < 1.29 is 28.6 Å². The molecular formula is C19H19NO6. The number of Topliss-reactive ketones (excluding diaryl/α,β-unsaturated/α-hetero) is 1. The number of para-hydroxylation sites is 2. The van der Waals surface area contributed by atoms with E-state index in [2.05, 4.69) is 5.32 Å². The first-order chi connectivity index (χ1) is 12.5. The van der Waals surface area contributed by atoms with Crippen molar-refractivity contribution in [2.24, 2.45) is 0 Å². The predicted octanol–water partition coefficient (Wildman–Crippen LogP) is 2.46. The van der Waals surface area contributed by atoms with Crippen molar-refractivity contribution in [2.45, 2.75) is 6.92 Å². The highest BCUT2D eigenvalue weighted by Crippen LogP contribution is 2.25. The summed E-state index contributed by atoms with van der Waals surface area (Å²) >= 11 is 0. The van der Waals surface area contributed by atoms with Crippen molar-refractivity contribution in [1.29, 1.82) is 0 Å². The maximum Gasteiger partial charge on any atom is 0.344 e. The van der Waals surface area contributed by atoms with Crippen LogP contribution in [0.1, 0.15) is 17.3 Å². The van der Waals surface area contributed by atoms with Gasteiger partial charge in [0.2, 0.25) is 0 Å². The van der Waals surface area contributed by atoms with Gasteiger partial charge in [0.15, 0.2) is 30.5 Å². The molecule has 0 aliphatic heterocycles. The molecule has 0 radical (unpaired) electrons. The van der Waals surface area contributed by atoms with Crippen LogP contribution in [0.5, 0.6) is 11.5 Å². The molecule has 2 aromatic carbocycles. The fourth-order valence-corrected chi connectivity index (χ4v) is 2.08. The maximum atomic E-state index is 11.8. The second-order valence-corrected chi connectivity index (χ2v) is 5.29. The van der Waals surface area contributed by atoms with Crippen molar-refractivity contribution in [2.75, 3.05) is 25.6 Å². The van der Waals surface area contributed by atoms with E-state index in [1.54, 1.807) is 48.5 Å². The molecule has 0 aliphatic carbocycles. The average molecular weight is 357 g/mol. The third kappa shape index (κ3) is 5.62. The Balaban J connectivity index is 1.79. The molecular weight excluding hydrogens is 338 g/mol. The molecule has 7 nitrogen and oxygen atoms in total. The Bertz CT molecular complexity index is 802. The molecule has 0 fully saturated rings. The number of benzene rings is 2. The first-order valence-electron chi connectivity index (χ1n) is 7.82. The van der Waals surface area contributed by atoms with E-state index in [0.717, 1.165) is 0 Å². The van der Waals surface area contributed by atoms with Crippen LogP contribution in [-0.4, -0.2) is 38.0 Å². The number of nitrogens with one attached hydrogen (secondary N) is 1. The van der Waals surface area contributed by atoms with Crippen LogP contribution >= 0.6 is 0 Å². The number of hydrogen-bond donors (Lipinski definition) is 1. The lowest BCUT2D eigenvalue weighted by atomic mass is 10.1. The van der Waals surface area contributed by atoms with Crippen LogP contribution < -0.4 is 14.8 Å². The Morgan fingerprint density at radius 3 is 2.38 bits per heavy atom. The molecule has 2 rings (SSSR count). The lowest BCUT2D eigenvalue weighted by molar-refractivity contribution is -0.149. The summed E-state index contributed by atoms with van der Waals surface area (Å²) in [6, 6.07) is 13.3. The normalized spacial score (nSPS) is 9.92. The molecule has 0 spiro atoms. The standard InChI is InChI=1S/C19H19NO6/c1-13(21)14-6-5-7-15(10-14)20-18(22)11-26-19(23)12-25-17-9-4-3-8-16(17)24-2/h3-10H,11-12H2,1-2H3,(H,20,22). The van der Waals surface area contributed by atoms with E-state index in [4.69, 9.17) is 14.2 Å². The fraction of sp³-hybridized carbons (Fsp3) is 0.211. The van der Waals surface area contributed by atoms with E-state index in [1.165, 1.54) is 14.0 Å². The molecule has 0 bridgehead atoms. The van der Waals surface area contributed by atoms with Gasteiger partial charge in [0.1, 0.15) is 0 Å². The van der Waals surface area contributed by atoms with Crippen molar-refractivity contribution in [1.82, 2.24) is 0 Å². The molecule has 0 atom stereocenters. The molecule has 7 heteroatoms. The maximum absolute atomic E-state index is 11.8. The number of esters is 1. The Hall–Kier alpha value is -3.35. The van der Waals surface area contributed by atoms with Gasteiger partial charge in [0, 0.05) is 11.3 Å². The highest BCUT2D eigenvalue weighted by atomic mass is 16.6. The van der Waals surface area contributed by atoms with Gasteiger partial charge >= 0.3 is 5.97 Å². The summed E-state index contributed by atoms with van der Waals surface area (Å²) in [6.07, 6.45) is 0. The van der Waals surface area contributed by atoms with Gasteiger partial charge in [0.05, 0.1) is 7.11 Å². The monoisotopic (exact) mass is 357 g/mol. The van der Waals surface area contributed by atoms with Crippen LogP contribution in [0.15, 0.2) is 48.5 Å². The van der Waals surface area contributed by atoms with Gasteiger partial charge in [-0.1, -0.05) is 24.3 Å². The number of carbonyl (C=O) groups excluding carboxylic acids is 3. The SMILES string of the molecule is COc1ccccc1OCC(=O)OCC(=O)Nc1cccc(C(C)=O)c1. The number of ether oxygens (including phenoxy) is 3. The van der Waals surface area contributed by atoms with Crippen LogP contribution in [-0.2, 0) is 14.3 Å². The molecule has 0 saturated heterocycles. The van der Waals surface area contributed by atoms with E-state index < -0.39 is 18.5 Å². The van der Waals surface area contributed by atoms with E-state index in [9.17, 15) is 14.4 Å². The van der Waals surface area contributed by atoms with Crippen molar-refractivity contribution in [3.63, 3.8) is 0 Å². The molecule has 0 aromatic heterocycles. The van der Waals surface area contributed by atoms with Crippen LogP contribution in [0.2, 0.25) is 0 Å². The summed E-state index contributed by atoms with van der Waals surface area (Å²) in [6.45, 7) is 0.621. The van der Waals surface area contributed by atoms with Gasteiger partial charge in [-0.05, 0) is 31.2 Å². The quantitative estimate of drug-likeness (QED) is 0.576. The largest absolute Gasteiger partial charge is 0.493 e. The third-order valence-corrected chi connectivity index (χ3v) is 3.33. The molecule has 0 saturated carbocycles. The summed E-state index contributed by atoms with van der Waals surface area (Å²) in [4.78, 5) is 34.9. The van der Waals surface area contributed by atoms with E-state index >= 15 is 0 Å². The van der Waals surface area contributed by atoms with E-state index in [-0.39, 0.29) is 12.4 Å². The number of ketones is 1. The topological polar surface area (TPSA) is 90.9 Å². The van der Waals surface area contributed by atoms with E-state index in [1.807, 2.05) is 0 Å². The lowest BCUT2D eigenvalue weighted by Crippen LogP contribution is -2.23. The highest BCUT2D eigenvalue weighted by molar-refractivity contribution is 5.97. The second-order valence-electron chi connectivity index (χ2n) is 5.29. The Labute approximate surface area is 150 Å². The van der Waals surface area contributed by atoms with Gasteiger partial charge in [-0.25, -0.2) is 4.79 Å². The highest BCUT2D eigenvalue weighted by Gasteiger charge is 2.11. The minimum atomic E-state index is -0.691. The van der Waals surface area contributed by atoms with Crippen molar-refractivity contribution in [3.05, 3.63) is 54.1 Å². The third-order valence-electron chi connectivity index (χ3n) is 3.33. The predicted molar refractivity (Wildman–Crippen MR) is 94.5 cm³/mol. The number of carbonyl (C=O) groups is 3. The smallest absolute Gasteiger partial charge is 0.344 e. The average Bonchev–Trinajstić information content (AvgIpc) is 2.65. The minimum absolute atomic E-state index is 0.110.